The van der Waals surface area contributed by atoms with E-state index in [1.54, 1.807) is 0 Å². The summed E-state index contributed by atoms with van der Waals surface area (Å²) in [5, 5.41) is 107. The molecule has 0 amide bonds. The van der Waals surface area contributed by atoms with Crippen molar-refractivity contribution in [3.8, 4) is 0 Å². The second kappa shape index (κ2) is 16.4. The molecule has 14 nitrogen and oxygen atoms in total. The number of allylic oxidation sites excluding steroid dienone is 1. The lowest BCUT2D eigenvalue weighted by Gasteiger charge is -2.68. The molecule has 0 aromatic heterocycles. The lowest BCUT2D eigenvalue weighted by Crippen LogP contribution is -2.66. The van der Waals surface area contributed by atoms with Gasteiger partial charge in [-0.25, -0.2) is 0 Å². The van der Waals surface area contributed by atoms with E-state index in [2.05, 4.69) is 26.8 Å². The summed E-state index contributed by atoms with van der Waals surface area (Å²) in [6.07, 6.45) is -7.02. The number of aliphatic hydroxyl groups excluding tert-OH is 10. The van der Waals surface area contributed by atoms with Gasteiger partial charge in [0.1, 0.15) is 48.8 Å². The molecule has 4 aliphatic carbocycles. The molecule has 0 bridgehead atoms. The highest BCUT2D eigenvalue weighted by molar-refractivity contribution is 5.33. The Balaban J connectivity index is 1.34. The van der Waals surface area contributed by atoms with Crippen LogP contribution in [0.1, 0.15) is 93.4 Å². The molecule has 20 unspecified atom stereocenters. The number of fused-ring (bicyclic) bond motifs is 5. The van der Waals surface area contributed by atoms with Crippen LogP contribution < -0.4 is 0 Å². The van der Waals surface area contributed by atoms with E-state index in [1.165, 1.54) is 0 Å². The molecule has 0 aromatic carbocycles. The Bertz CT molecular complexity index is 1430. The third kappa shape index (κ3) is 7.18. The molecule has 0 spiro atoms. The van der Waals surface area contributed by atoms with Crippen LogP contribution in [0.25, 0.3) is 0 Å². The van der Waals surface area contributed by atoms with E-state index in [1.807, 2.05) is 33.8 Å². The molecule has 0 aromatic rings. The minimum atomic E-state index is -1.62. The normalized spacial score (nSPS) is 49.9. The van der Waals surface area contributed by atoms with Gasteiger partial charge in [-0.15, -0.1) is 0 Å². The second-order valence-corrected chi connectivity index (χ2v) is 19.5. The van der Waals surface area contributed by atoms with Gasteiger partial charge in [-0.2, -0.15) is 0 Å². The molecular weight excluding hydrogens is 728 g/mol. The number of ether oxygens (including phenoxy) is 4. The average molecular weight is 799 g/mol. The first-order valence-corrected chi connectivity index (χ1v) is 20.8. The third-order valence-electron chi connectivity index (χ3n) is 16.0. The van der Waals surface area contributed by atoms with Crippen LogP contribution in [0.4, 0.5) is 0 Å². The van der Waals surface area contributed by atoms with Crippen molar-refractivity contribution >= 4 is 0 Å². The van der Waals surface area contributed by atoms with E-state index in [0.29, 0.717) is 25.7 Å². The number of aliphatic hydroxyl groups is 10. The van der Waals surface area contributed by atoms with Crippen LogP contribution >= 0.6 is 0 Å². The fraction of sp³-hybridized carbons (Fsp3) is 0.905. The average Bonchev–Trinajstić information content (AvgIpc) is 3.43. The van der Waals surface area contributed by atoms with Gasteiger partial charge in [-0.1, -0.05) is 57.9 Å². The van der Waals surface area contributed by atoms with Crippen molar-refractivity contribution in [3.05, 3.63) is 23.3 Å². The largest absolute Gasteiger partial charge is 0.396 e. The number of hydrogen-bond acceptors (Lipinski definition) is 14. The molecule has 322 valence electrons. The molecule has 5 fully saturated rings. The van der Waals surface area contributed by atoms with Crippen molar-refractivity contribution in [1.82, 2.24) is 0 Å². The van der Waals surface area contributed by atoms with Crippen molar-refractivity contribution < 1.29 is 70.0 Å². The summed E-state index contributed by atoms with van der Waals surface area (Å²) >= 11 is 0. The van der Waals surface area contributed by atoms with Crippen LogP contribution in [-0.4, -0.2) is 151 Å². The molecular formula is C42H70O14. The minimum absolute atomic E-state index is 0.0302. The predicted molar refractivity (Wildman–Crippen MR) is 202 cm³/mol. The molecule has 6 rings (SSSR count). The molecule has 0 radical (unpaired) electrons. The van der Waals surface area contributed by atoms with Crippen molar-refractivity contribution in [2.75, 3.05) is 19.8 Å². The van der Waals surface area contributed by atoms with Gasteiger partial charge in [0.2, 0.25) is 0 Å². The lowest BCUT2D eigenvalue weighted by atomic mass is 9.38. The fourth-order valence-corrected chi connectivity index (χ4v) is 12.6. The van der Waals surface area contributed by atoms with Crippen LogP contribution in [0.3, 0.4) is 0 Å². The maximum absolute atomic E-state index is 11.7. The van der Waals surface area contributed by atoms with Gasteiger partial charge in [0.25, 0.3) is 0 Å². The van der Waals surface area contributed by atoms with Gasteiger partial charge in [0.15, 0.2) is 12.6 Å². The highest BCUT2D eigenvalue weighted by Crippen LogP contribution is 2.75. The van der Waals surface area contributed by atoms with Crippen LogP contribution in [0.2, 0.25) is 0 Å². The van der Waals surface area contributed by atoms with Crippen LogP contribution in [-0.2, 0) is 18.9 Å². The summed E-state index contributed by atoms with van der Waals surface area (Å²) < 4.78 is 24.8. The third-order valence-corrected chi connectivity index (χ3v) is 16.0. The van der Waals surface area contributed by atoms with E-state index in [9.17, 15) is 51.1 Å². The van der Waals surface area contributed by atoms with E-state index >= 15 is 0 Å². The SMILES string of the molecule is CC(C)=CC(CC(C)C1CCC2(C)C3C(OC4OC(CO)C(O)C(O)C4O)C=C4C(CCC(O)C4(C)C)C3(CO)CCC12C)OC1OC(CO)C(O)C(O)C1O. The van der Waals surface area contributed by atoms with Crippen LogP contribution in [0, 0.1) is 45.3 Å². The standard InChI is InChI=1S/C42H70O14/c1-20(2)14-22(53-37-34(51)32(49)30(47)27(17-43)55-37)15-21(3)23-10-11-41(7)36-26(54-38-35(52)33(50)31(48)28(18-44)56-38)16-25-24(8-9-29(46)39(25,4)5)42(36,19-45)13-12-40(23,41)6/h14,16,21-24,26-38,43-52H,8-13,15,17-19H2,1-7H3. The van der Waals surface area contributed by atoms with Crippen LogP contribution in [0.5, 0.6) is 0 Å². The van der Waals surface area contributed by atoms with Gasteiger partial charge in [-0.3, -0.25) is 0 Å². The first-order valence-electron chi connectivity index (χ1n) is 20.8. The molecule has 6 aliphatic rings. The summed E-state index contributed by atoms with van der Waals surface area (Å²) in [7, 11) is 0. The number of hydrogen-bond donors (Lipinski definition) is 10. The molecule has 2 heterocycles. The van der Waals surface area contributed by atoms with E-state index in [4.69, 9.17) is 18.9 Å². The zero-order valence-electron chi connectivity index (χ0n) is 34.1. The Labute approximate surface area is 331 Å². The predicted octanol–water partition coefficient (Wildman–Crippen LogP) is 0.897. The lowest BCUT2D eigenvalue weighted by molar-refractivity contribution is -0.324. The van der Waals surface area contributed by atoms with Gasteiger partial charge >= 0.3 is 0 Å². The Kier molecular flexibility index (Phi) is 13.0. The zero-order chi connectivity index (χ0) is 41.3. The maximum Gasteiger partial charge on any atom is 0.187 e. The first-order chi connectivity index (χ1) is 26.2. The molecule has 3 saturated carbocycles. The van der Waals surface area contributed by atoms with Crippen molar-refractivity contribution in [2.24, 2.45) is 45.3 Å². The highest BCUT2D eigenvalue weighted by atomic mass is 16.7. The molecule has 14 heteroatoms. The topological polar surface area (TPSA) is 239 Å². The van der Waals surface area contributed by atoms with Gasteiger partial charge in [0, 0.05) is 23.4 Å². The van der Waals surface area contributed by atoms with Gasteiger partial charge in [-0.05, 0) is 87.4 Å². The maximum atomic E-state index is 11.7. The minimum Gasteiger partial charge on any atom is -0.396 e. The summed E-state index contributed by atoms with van der Waals surface area (Å²) in [6, 6.07) is 0. The summed E-state index contributed by atoms with van der Waals surface area (Å²) in [4.78, 5) is 0. The molecule has 56 heavy (non-hydrogen) atoms. The molecule has 20 atom stereocenters. The smallest absolute Gasteiger partial charge is 0.187 e. The molecule has 10 N–H and O–H groups in total. The van der Waals surface area contributed by atoms with E-state index in [0.717, 1.165) is 30.4 Å². The summed E-state index contributed by atoms with van der Waals surface area (Å²) in [5.74, 6) is -0.0461. The zero-order valence-corrected chi connectivity index (χ0v) is 34.1. The van der Waals surface area contributed by atoms with Gasteiger partial charge in [0.05, 0.1) is 31.5 Å². The van der Waals surface area contributed by atoms with Crippen molar-refractivity contribution in [3.63, 3.8) is 0 Å². The second-order valence-electron chi connectivity index (χ2n) is 19.5. The highest BCUT2D eigenvalue weighted by Gasteiger charge is 2.71. The Morgan fingerprint density at radius 2 is 1.36 bits per heavy atom. The molecule has 2 aliphatic heterocycles. The van der Waals surface area contributed by atoms with E-state index < -0.39 is 109 Å². The summed E-state index contributed by atoms with van der Waals surface area (Å²) in [5.41, 5.74) is 0.0315. The number of rotatable bonds is 11. The Morgan fingerprint density at radius 1 is 0.768 bits per heavy atom. The van der Waals surface area contributed by atoms with Crippen molar-refractivity contribution in [1.29, 1.82) is 0 Å². The molecule has 2 saturated heterocycles. The van der Waals surface area contributed by atoms with Gasteiger partial charge < -0.3 is 70.0 Å². The van der Waals surface area contributed by atoms with E-state index in [-0.39, 0.29) is 35.7 Å². The summed E-state index contributed by atoms with van der Waals surface area (Å²) in [6.45, 7) is 13.5. The Hall–Kier alpha value is -1.08. The van der Waals surface area contributed by atoms with Crippen molar-refractivity contribution in [2.45, 2.75) is 173 Å². The first kappa shape index (κ1) is 44.5. The quantitative estimate of drug-likeness (QED) is 0.131. The Morgan fingerprint density at radius 3 is 1.93 bits per heavy atom. The monoisotopic (exact) mass is 798 g/mol. The van der Waals surface area contributed by atoms with Crippen LogP contribution in [0.15, 0.2) is 23.3 Å². The fourth-order valence-electron chi connectivity index (χ4n) is 12.6.